The molecule has 126 valence electrons. The maximum absolute atomic E-state index is 12.9. The number of nitrogens with one attached hydrogen (secondary N) is 2. The number of hydrogen-bond donors (Lipinski definition) is 2. The van der Waals surface area contributed by atoms with E-state index < -0.39 is 6.10 Å². The van der Waals surface area contributed by atoms with Crippen LogP contribution in [-0.4, -0.2) is 25.1 Å². The van der Waals surface area contributed by atoms with E-state index >= 15 is 0 Å². The first kappa shape index (κ1) is 16.5. The molecular weight excluding hydrogens is 307 g/mol. The Morgan fingerprint density at radius 3 is 2.83 bits per heavy atom. The molecule has 0 aromatic heterocycles. The molecule has 2 unspecified atom stereocenters. The first-order chi connectivity index (χ1) is 11.6. The topological polar surface area (TPSA) is 50.4 Å². The van der Waals surface area contributed by atoms with Crippen LogP contribution in [0.2, 0.25) is 0 Å². The van der Waals surface area contributed by atoms with Crippen LogP contribution < -0.4 is 15.4 Å². The second kappa shape index (κ2) is 7.45. The van der Waals surface area contributed by atoms with Gasteiger partial charge in [0.25, 0.3) is 5.91 Å². The summed E-state index contributed by atoms with van der Waals surface area (Å²) < 4.78 is 18.4. The molecule has 0 spiro atoms. The monoisotopic (exact) mass is 328 g/mol. The summed E-state index contributed by atoms with van der Waals surface area (Å²) in [5.41, 5.74) is 2.56. The predicted molar refractivity (Wildman–Crippen MR) is 90.4 cm³/mol. The van der Waals surface area contributed by atoms with Crippen LogP contribution in [0.4, 0.5) is 4.39 Å². The number of amides is 1. The van der Waals surface area contributed by atoms with Gasteiger partial charge in [-0.15, -0.1) is 0 Å². The lowest BCUT2D eigenvalue weighted by atomic mass is 9.94. The van der Waals surface area contributed by atoms with Gasteiger partial charge >= 0.3 is 0 Å². The third kappa shape index (κ3) is 3.92. The van der Waals surface area contributed by atoms with Crippen LogP contribution in [0.15, 0.2) is 48.5 Å². The molecule has 0 saturated heterocycles. The van der Waals surface area contributed by atoms with Crippen molar-refractivity contribution in [2.24, 2.45) is 0 Å². The standard InChI is InChI=1S/C19H21FN2O2/c1-13(24-16-8-6-15(20)7-9-16)19(23)22-12-18-17-5-3-2-4-14(17)10-11-21-18/h2-9,13,18,21H,10-12H2,1H3,(H,22,23). The molecule has 2 aromatic rings. The highest BCUT2D eigenvalue weighted by atomic mass is 19.1. The fraction of sp³-hybridized carbons (Fsp3) is 0.316. The highest BCUT2D eigenvalue weighted by Gasteiger charge is 2.21. The van der Waals surface area contributed by atoms with E-state index in [4.69, 9.17) is 4.74 Å². The van der Waals surface area contributed by atoms with E-state index in [9.17, 15) is 9.18 Å². The van der Waals surface area contributed by atoms with Gasteiger partial charge in [-0.2, -0.15) is 0 Å². The number of hydrogen-bond acceptors (Lipinski definition) is 3. The van der Waals surface area contributed by atoms with Crippen LogP contribution in [0.25, 0.3) is 0 Å². The highest BCUT2D eigenvalue weighted by Crippen LogP contribution is 2.22. The second-order valence-electron chi connectivity index (χ2n) is 5.91. The number of rotatable bonds is 5. The van der Waals surface area contributed by atoms with Crippen LogP contribution in [0, 0.1) is 5.82 Å². The lowest BCUT2D eigenvalue weighted by Gasteiger charge is -2.27. The van der Waals surface area contributed by atoms with Gasteiger partial charge in [-0.3, -0.25) is 4.79 Å². The molecule has 3 rings (SSSR count). The third-order valence-electron chi connectivity index (χ3n) is 4.19. The SMILES string of the molecule is CC(Oc1ccc(F)cc1)C(=O)NCC1NCCc2ccccc21. The second-order valence-corrected chi connectivity index (χ2v) is 5.91. The van der Waals surface area contributed by atoms with Gasteiger partial charge < -0.3 is 15.4 Å². The number of fused-ring (bicyclic) bond motifs is 1. The smallest absolute Gasteiger partial charge is 0.260 e. The van der Waals surface area contributed by atoms with Crippen molar-refractivity contribution < 1.29 is 13.9 Å². The Balaban J connectivity index is 1.55. The molecule has 1 heterocycles. The Bertz CT molecular complexity index is 703. The van der Waals surface area contributed by atoms with Gasteiger partial charge in [-0.05, 0) is 55.3 Å². The van der Waals surface area contributed by atoms with Gasteiger partial charge in [-0.1, -0.05) is 24.3 Å². The lowest BCUT2D eigenvalue weighted by molar-refractivity contribution is -0.127. The third-order valence-corrected chi connectivity index (χ3v) is 4.19. The molecule has 5 heteroatoms. The Labute approximate surface area is 141 Å². The van der Waals surface area contributed by atoms with E-state index in [2.05, 4.69) is 22.8 Å². The van der Waals surface area contributed by atoms with Crippen molar-refractivity contribution in [3.05, 3.63) is 65.5 Å². The summed E-state index contributed by atoms with van der Waals surface area (Å²) >= 11 is 0. The molecule has 1 aliphatic rings. The lowest BCUT2D eigenvalue weighted by Crippen LogP contribution is -2.43. The first-order valence-corrected chi connectivity index (χ1v) is 8.14. The van der Waals surface area contributed by atoms with Gasteiger partial charge in [0.1, 0.15) is 11.6 Å². The average Bonchev–Trinajstić information content (AvgIpc) is 2.61. The van der Waals surface area contributed by atoms with Crippen molar-refractivity contribution >= 4 is 5.91 Å². The summed E-state index contributed by atoms with van der Waals surface area (Å²) in [7, 11) is 0. The molecular formula is C19H21FN2O2. The van der Waals surface area contributed by atoms with Gasteiger partial charge in [0.15, 0.2) is 6.10 Å². The van der Waals surface area contributed by atoms with Crippen LogP contribution in [0.5, 0.6) is 5.75 Å². The Kier molecular flexibility index (Phi) is 5.11. The molecule has 24 heavy (non-hydrogen) atoms. The van der Waals surface area contributed by atoms with Crippen molar-refractivity contribution in [1.82, 2.24) is 10.6 Å². The minimum absolute atomic E-state index is 0.108. The Hall–Kier alpha value is -2.40. The van der Waals surface area contributed by atoms with E-state index in [1.807, 2.05) is 12.1 Å². The van der Waals surface area contributed by atoms with Crippen molar-refractivity contribution in [3.63, 3.8) is 0 Å². The van der Waals surface area contributed by atoms with E-state index in [1.165, 1.54) is 35.4 Å². The largest absolute Gasteiger partial charge is 0.481 e. The van der Waals surface area contributed by atoms with Gasteiger partial charge in [0, 0.05) is 12.6 Å². The fourth-order valence-corrected chi connectivity index (χ4v) is 2.89. The molecule has 1 aliphatic heterocycles. The Morgan fingerprint density at radius 1 is 1.29 bits per heavy atom. The highest BCUT2D eigenvalue weighted by molar-refractivity contribution is 5.80. The average molecular weight is 328 g/mol. The molecule has 4 nitrogen and oxygen atoms in total. The first-order valence-electron chi connectivity index (χ1n) is 8.14. The number of benzene rings is 2. The molecule has 2 aromatic carbocycles. The Morgan fingerprint density at radius 2 is 2.04 bits per heavy atom. The summed E-state index contributed by atoms with van der Waals surface area (Å²) in [6, 6.07) is 14.0. The fourth-order valence-electron chi connectivity index (χ4n) is 2.89. The van der Waals surface area contributed by atoms with Crippen LogP contribution >= 0.6 is 0 Å². The molecule has 1 amide bonds. The van der Waals surface area contributed by atoms with Crippen molar-refractivity contribution in [3.8, 4) is 5.75 Å². The van der Waals surface area contributed by atoms with Gasteiger partial charge in [0.2, 0.25) is 0 Å². The number of halogens is 1. The van der Waals surface area contributed by atoms with Gasteiger partial charge in [0.05, 0.1) is 0 Å². The summed E-state index contributed by atoms with van der Waals surface area (Å²) in [6.45, 7) is 3.09. The zero-order valence-electron chi connectivity index (χ0n) is 13.6. The molecule has 2 N–H and O–H groups in total. The summed E-state index contributed by atoms with van der Waals surface area (Å²) in [4.78, 5) is 12.2. The van der Waals surface area contributed by atoms with Gasteiger partial charge in [-0.25, -0.2) is 4.39 Å². The quantitative estimate of drug-likeness (QED) is 0.887. The van der Waals surface area contributed by atoms with Crippen LogP contribution in [0.3, 0.4) is 0 Å². The minimum Gasteiger partial charge on any atom is -0.481 e. The van der Waals surface area contributed by atoms with Crippen molar-refractivity contribution in [1.29, 1.82) is 0 Å². The normalized spacial score (nSPS) is 17.7. The summed E-state index contributed by atoms with van der Waals surface area (Å²) in [6.07, 6.45) is 0.360. The van der Waals surface area contributed by atoms with Crippen molar-refractivity contribution in [2.75, 3.05) is 13.1 Å². The molecule has 0 radical (unpaired) electrons. The van der Waals surface area contributed by atoms with Crippen LogP contribution in [0.1, 0.15) is 24.1 Å². The van der Waals surface area contributed by atoms with E-state index in [1.54, 1.807) is 6.92 Å². The van der Waals surface area contributed by atoms with E-state index in [0.717, 1.165) is 13.0 Å². The maximum Gasteiger partial charge on any atom is 0.260 e. The van der Waals surface area contributed by atoms with Crippen molar-refractivity contribution in [2.45, 2.75) is 25.5 Å². The zero-order valence-corrected chi connectivity index (χ0v) is 13.6. The van der Waals surface area contributed by atoms with E-state index in [-0.39, 0.29) is 17.8 Å². The number of carbonyl (C=O) groups excluding carboxylic acids is 1. The predicted octanol–water partition coefficient (Wildman–Crippen LogP) is 2.60. The molecule has 0 aliphatic carbocycles. The minimum atomic E-state index is -0.644. The zero-order chi connectivity index (χ0) is 16.9. The summed E-state index contributed by atoms with van der Waals surface area (Å²) in [5, 5.41) is 6.35. The number of carbonyl (C=O) groups is 1. The van der Waals surface area contributed by atoms with Crippen LogP contribution in [-0.2, 0) is 11.2 Å². The maximum atomic E-state index is 12.9. The molecule has 2 atom stereocenters. The number of ether oxygens (including phenoxy) is 1. The molecule has 0 saturated carbocycles. The molecule has 0 bridgehead atoms. The summed E-state index contributed by atoms with van der Waals surface area (Å²) in [5.74, 6) is -0.0501. The van der Waals surface area contributed by atoms with E-state index in [0.29, 0.717) is 12.3 Å². The molecule has 0 fully saturated rings.